The highest BCUT2D eigenvalue weighted by Gasteiger charge is 2.40. The number of methoxy groups -OCH3 is 1. The molecule has 1 aromatic carbocycles. The van der Waals surface area contributed by atoms with Crippen molar-refractivity contribution in [2.24, 2.45) is 5.92 Å². The number of nitrogens with zero attached hydrogens (tertiary/aromatic N) is 1. The number of hydrogen-bond acceptors (Lipinski definition) is 6. The highest BCUT2D eigenvalue weighted by atomic mass is 16.5. The fourth-order valence-electron chi connectivity index (χ4n) is 3.44. The molecule has 0 heterocycles. The van der Waals surface area contributed by atoms with E-state index in [9.17, 15) is 14.7 Å². The summed E-state index contributed by atoms with van der Waals surface area (Å²) in [6.45, 7) is 0.924. The normalized spacial score (nSPS) is 22.7. The fourth-order valence-corrected chi connectivity index (χ4v) is 3.44. The number of hydrogen-bond donors (Lipinski definition) is 4. The Labute approximate surface area is 165 Å². The number of benzene rings is 1. The van der Waals surface area contributed by atoms with Crippen LogP contribution in [0.4, 0.5) is 0 Å². The molecule has 158 valence electrons. The first-order chi connectivity index (χ1) is 13.1. The van der Waals surface area contributed by atoms with Gasteiger partial charge in [-0.3, -0.25) is 4.79 Å². The summed E-state index contributed by atoms with van der Waals surface area (Å²) in [7, 11) is 5.81. The molecule has 0 aromatic heterocycles. The molecule has 8 heteroatoms. The summed E-state index contributed by atoms with van der Waals surface area (Å²) in [6.07, 6.45) is 1.70. The summed E-state index contributed by atoms with van der Waals surface area (Å²) in [6, 6.07) is 7.90. The van der Waals surface area contributed by atoms with Gasteiger partial charge in [0.05, 0.1) is 19.1 Å². The van der Waals surface area contributed by atoms with Gasteiger partial charge in [0.2, 0.25) is 0 Å². The molecule has 0 spiro atoms. The minimum atomic E-state index is -1.79. The highest BCUT2D eigenvalue weighted by Crippen LogP contribution is 2.42. The number of carboxylic acid groups (broad SMARTS) is 2. The van der Waals surface area contributed by atoms with Crippen LogP contribution in [0.25, 0.3) is 0 Å². The molecule has 0 amide bonds. The van der Waals surface area contributed by atoms with Crippen LogP contribution in [0, 0.1) is 5.92 Å². The van der Waals surface area contributed by atoms with Crippen LogP contribution in [0.1, 0.15) is 37.7 Å². The summed E-state index contributed by atoms with van der Waals surface area (Å²) in [5.74, 6) is -1.73. The lowest BCUT2D eigenvalue weighted by molar-refractivity contribution is -0.152. The van der Waals surface area contributed by atoms with E-state index in [0.29, 0.717) is 5.92 Å². The van der Waals surface area contributed by atoms with Crippen molar-refractivity contribution >= 4 is 11.9 Å². The molecule has 3 atom stereocenters. The first-order valence-electron chi connectivity index (χ1n) is 9.24. The Morgan fingerprint density at radius 3 is 2.46 bits per heavy atom. The summed E-state index contributed by atoms with van der Waals surface area (Å²) < 4.78 is 5.29. The lowest BCUT2D eigenvalue weighted by Gasteiger charge is -2.41. The molecule has 0 bridgehead atoms. The number of aliphatic hydroxyl groups excluding tert-OH is 1. The van der Waals surface area contributed by atoms with Gasteiger partial charge >= 0.3 is 11.9 Å². The molecule has 28 heavy (non-hydrogen) atoms. The van der Waals surface area contributed by atoms with Crippen molar-refractivity contribution in [3.05, 3.63) is 29.8 Å². The van der Waals surface area contributed by atoms with E-state index in [2.05, 4.69) is 19.0 Å². The quantitative estimate of drug-likeness (QED) is 0.546. The maximum atomic E-state index is 11.2. The Balaban J connectivity index is 0.000000370. The molecule has 1 aliphatic rings. The van der Waals surface area contributed by atoms with Gasteiger partial charge in [0.15, 0.2) is 6.10 Å². The first-order valence-corrected chi connectivity index (χ1v) is 9.24. The third kappa shape index (κ3) is 7.10. The van der Waals surface area contributed by atoms with Crippen molar-refractivity contribution < 1.29 is 34.8 Å². The van der Waals surface area contributed by atoms with E-state index in [0.717, 1.165) is 37.1 Å². The van der Waals surface area contributed by atoms with Crippen LogP contribution in [-0.2, 0) is 15.2 Å². The number of aliphatic carboxylic acids is 2. The van der Waals surface area contributed by atoms with Gasteiger partial charge in [-0.25, -0.2) is 4.79 Å². The van der Waals surface area contributed by atoms with E-state index >= 15 is 0 Å². The van der Waals surface area contributed by atoms with Crippen LogP contribution in [0.15, 0.2) is 24.3 Å². The average Bonchev–Trinajstić information content (AvgIpc) is 2.63. The highest BCUT2D eigenvalue weighted by molar-refractivity contribution is 5.79. The molecule has 4 N–H and O–H groups in total. The van der Waals surface area contributed by atoms with Gasteiger partial charge in [0.1, 0.15) is 5.75 Å². The maximum absolute atomic E-state index is 11.2. The zero-order valence-corrected chi connectivity index (χ0v) is 16.7. The maximum Gasteiger partial charge on any atom is 0.333 e. The Morgan fingerprint density at radius 2 is 1.96 bits per heavy atom. The SMILES string of the molecule is COc1cccc([C@@]2(O)CCCC[C@@H]2CN(C)C)c1.O=C(O)CC(O)C(=O)O. The molecule has 1 unspecified atom stereocenters. The zero-order chi connectivity index (χ0) is 21.3. The van der Waals surface area contributed by atoms with Gasteiger partial charge in [0, 0.05) is 12.5 Å². The Morgan fingerprint density at radius 1 is 1.29 bits per heavy atom. The van der Waals surface area contributed by atoms with Gasteiger partial charge in [0.25, 0.3) is 0 Å². The minimum absolute atomic E-state index is 0.295. The first kappa shape index (κ1) is 23.9. The number of carboxylic acids is 2. The molecule has 1 aromatic rings. The molecule has 1 saturated carbocycles. The Bertz CT molecular complexity index is 649. The Kier molecular flexibility index (Phi) is 9.37. The van der Waals surface area contributed by atoms with E-state index in [1.54, 1.807) is 7.11 Å². The third-order valence-electron chi connectivity index (χ3n) is 4.84. The lowest BCUT2D eigenvalue weighted by atomic mass is 9.71. The second-order valence-corrected chi connectivity index (χ2v) is 7.31. The fraction of sp³-hybridized carbons (Fsp3) is 0.600. The molecule has 8 nitrogen and oxygen atoms in total. The topological polar surface area (TPSA) is 128 Å². The molecule has 2 rings (SSSR count). The Hall–Kier alpha value is -2.16. The van der Waals surface area contributed by atoms with E-state index in [1.807, 2.05) is 24.3 Å². The van der Waals surface area contributed by atoms with E-state index in [1.165, 1.54) is 6.42 Å². The molecular weight excluding hydrogens is 366 g/mol. The van der Waals surface area contributed by atoms with Gasteiger partial charge < -0.3 is 30.1 Å². The standard InChI is InChI=1S/C16H25NO2.C4H6O5/c1-17(2)12-14-7-4-5-10-16(14,18)13-8-6-9-15(11-13)19-3;5-2(4(8)9)1-3(6)7/h6,8-9,11,14,18H,4-5,7,10,12H2,1-3H3;2,5H,1H2,(H,6,7)(H,8,9)/t14-,16+;/m1./s1. The number of aliphatic hydroxyl groups is 2. The number of rotatable bonds is 7. The molecular formula is C20H31NO7. The third-order valence-corrected chi connectivity index (χ3v) is 4.84. The van der Waals surface area contributed by atoms with E-state index < -0.39 is 30.1 Å². The molecule has 0 saturated heterocycles. The van der Waals surface area contributed by atoms with Crippen molar-refractivity contribution in [1.82, 2.24) is 4.90 Å². The van der Waals surface area contributed by atoms with Crippen LogP contribution >= 0.6 is 0 Å². The number of ether oxygens (including phenoxy) is 1. The average molecular weight is 397 g/mol. The summed E-state index contributed by atoms with van der Waals surface area (Å²) in [5.41, 5.74) is 0.287. The predicted octanol–water partition coefficient (Wildman–Crippen LogP) is 1.54. The second-order valence-electron chi connectivity index (χ2n) is 7.31. The van der Waals surface area contributed by atoms with Crippen molar-refractivity contribution in [1.29, 1.82) is 0 Å². The van der Waals surface area contributed by atoms with Gasteiger partial charge in [-0.05, 0) is 44.6 Å². The van der Waals surface area contributed by atoms with Crippen molar-refractivity contribution in [2.75, 3.05) is 27.7 Å². The second kappa shape index (κ2) is 11.0. The van der Waals surface area contributed by atoms with Crippen molar-refractivity contribution in [3.63, 3.8) is 0 Å². The van der Waals surface area contributed by atoms with Crippen LogP contribution < -0.4 is 4.74 Å². The summed E-state index contributed by atoms with van der Waals surface area (Å²) in [4.78, 5) is 21.6. The lowest BCUT2D eigenvalue weighted by Crippen LogP contribution is -2.43. The van der Waals surface area contributed by atoms with Crippen LogP contribution in [0.3, 0.4) is 0 Å². The zero-order valence-electron chi connectivity index (χ0n) is 16.7. The van der Waals surface area contributed by atoms with Crippen LogP contribution in [0.2, 0.25) is 0 Å². The molecule has 0 aliphatic heterocycles. The molecule has 1 aliphatic carbocycles. The van der Waals surface area contributed by atoms with Crippen molar-refractivity contribution in [3.8, 4) is 5.75 Å². The van der Waals surface area contributed by atoms with Gasteiger partial charge in [-0.15, -0.1) is 0 Å². The molecule has 0 radical (unpaired) electrons. The van der Waals surface area contributed by atoms with E-state index in [4.69, 9.17) is 20.1 Å². The van der Waals surface area contributed by atoms with Crippen molar-refractivity contribution in [2.45, 2.75) is 43.8 Å². The largest absolute Gasteiger partial charge is 0.497 e. The monoisotopic (exact) mass is 397 g/mol. The van der Waals surface area contributed by atoms with E-state index in [-0.39, 0.29) is 0 Å². The predicted molar refractivity (Wildman–Crippen MR) is 103 cm³/mol. The molecule has 1 fully saturated rings. The van der Waals surface area contributed by atoms with Gasteiger partial charge in [-0.1, -0.05) is 25.0 Å². The summed E-state index contributed by atoms with van der Waals surface area (Å²) >= 11 is 0. The summed E-state index contributed by atoms with van der Waals surface area (Å²) in [5, 5.41) is 35.3. The van der Waals surface area contributed by atoms with Crippen LogP contribution in [-0.4, -0.2) is 71.1 Å². The number of carbonyl (C=O) groups is 2. The smallest absolute Gasteiger partial charge is 0.333 e. The van der Waals surface area contributed by atoms with Gasteiger partial charge in [-0.2, -0.15) is 0 Å². The van der Waals surface area contributed by atoms with Crippen LogP contribution in [0.5, 0.6) is 5.75 Å². The minimum Gasteiger partial charge on any atom is -0.497 e.